The maximum atomic E-state index is 5.73. The van der Waals surface area contributed by atoms with Crippen molar-refractivity contribution in [2.24, 2.45) is 10.9 Å². The lowest BCUT2D eigenvalue weighted by molar-refractivity contribution is 0.0258. The molecule has 0 fully saturated rings. The molecule has 0 aliphatic heterocycles. The van der Waals surface area contributed by atoms with E-state index in [1.54, 1.807) is 0 Å². The zero-order valence-electron chi connectivity index (χ0n) is 13.6. The predicted molar refractivity (Wildman–Crippen MR) is 103 cm³/mol. The molecule has 0 aliphatic rings. The van der Waals surface area contributed by atoms with Crippen molar-refractivity contribution in [2.75, 3.05) is 38.8 Å². The molecule has 6 heteroatoms. The molecule has 0 aromatic rings. The predicted octanol–water partition coefficient (Wildman–Crippen LogP) is 2.97. The fourth-order valence-corrected chi connectivity index (χ4v) is 2.23. The van der Waals surface area contributed by atoms with Gasteiger partial charge in [0.25, 0.3) is 0 Å². The molecule has 0 saturated heterocycles. The largest absolute Gasteiger partial charge is 0.378 e. The summed E-state index contributed by atoms with van der Waals surface area (Å²) < 4.78 is 5.73. The molecular formula is C14H32IN3OS. The lowest BCUT2D eigenvalue weighted by Crippen LogP contribution is -2.39. The maximum absolute atomic E-state index is 5.73. The summed E-state index contributed by atoms with van der Waals surface area (Å²) in [7, 11) is 1.81. The van der Waals surface area contributed by atoms with Crippen LogP contribution in [0.25, 0.3) is 0 Å². The molecule has 0 aromatic heterocycles. The molecule has 0 saturated carbocycles. The number of aliphatic imine (C=N–C) groups is 1. The van der Waals surface area contributed by atoms with E-state index in [1.165, 1.54) is 5.75 Å². The Balaban J connectivity index is 0. The van der Waals surface area contributed by atoms with Crippen molar-refractivity contribution in [1.82, 2.24) is 10.6 Å². The summed E-state index contributed by atoms with van der Waals surface area (Å²) in [6.07, 6.45) is 4.63. The van der Waals surface area contributed by atoms with Gasteiger partial charge in [-0.15, -0.1) is 24.0 Å². The van der Waals surface area contributed by atoms with E-state index in [2.05, 4.69) is 42.7 Å². The number of rotatable bonds is 10. The van der Waals surface area contributed by atoms with Gasteiger partial charge in [-0.2, -0.15) is 11.8 Å². The van der Waals surface area contributed by atoms with Gasteiger partial charge in [0.15, 0.2) is 5.96 Å². The highest BCUT2D eigenvalue weighted by atomic mass is 127. The summed E-state index contributed by atoms with van der Waals surface area (Å²) in [5.41, 5.74) is 0. The van der Waals surface area contributed by atoms with Crippen molar-refractivity contribution in [1.29, 1.82) is 0 Å². The molecule has 0 bridgehead atoms. The van der Waals surface area contributed by atoms with Crippen LogP contribution >= 0.6 is 35.7 Å². The number of halogens is 1. The summed E-state index contributed by atoms with van der Waals surface area (Å²) in [5, 5.41) is 6.67. The quantitative estimate of drug-likeness (QED) is 0.248. The van der Waals surface area contributed by atoms with Gasteiger partial charge in [0.05, 0.1) is 6.10 Å². The fourth-order valence-electron chi connectivity index (χ4n) is 1.80. The first-order valence-electron chi connectivity index (χ1n) is 7.20. The highest BCUT2D eigenvalue weighted by Gasteiger charge is 2.12. The zero-order chi connectivity index (χ0) is 14.5. The first-order chi connectivity index (χ1) is 9.15. The number of guanidine groups is 1. The van der Waals surface area contributed by atoms with Gasteiger partial charge >= 0.3 is 0 Å². The molecule has 0 spiro atoms. The number of nitrogens with zero attached hydrogens (tertiary/aromatic N) is 1. The molecule has 0 rings (SSSR count). The van der Waals surface area contributed by atoms with Crippen molar-refractivity contribution in [3.8, 4) is 0 Å². The van der Waals surface area contributed by atoms with Gasteiger partial charge in [-0.25, -0.2) is 0 Å². The van der Waals surface area contributed by atoms with Gasteiger partial charge in [0.2, 0.25) is 0 Å². The molecule has 0 amide bonds. The summed E-state index contributed by atoms with van der Waals surface area (Å²) in [4.78, 5) is 4.22. The van der Waals surface area contributed by atoms with Crippen LogP contribution in [0.5, 0.6) is 0 Å². The normalized spacial score (nSPS) is 13.0. The van der Waals surface area contributed by atoms with Crippen LogP contribution in [0.1, 0.15) is 33.6 Å². The first-order valence-corrected chi connectivity index (χ1v) is 8.60. The van der Waals surface area contributed by atoms with Crippen molar-refractivity contribution >= 4 is 41.7 Å². The Hall–Kier alpha value is 0.310. The monoisotopic (exact) mass is 417 g/mol. The topological polar surface area (TPSA) is 45.6 Å². The Kier molecular flexibility index (Phi) is 17.7. The molecule has 2 N–H and O–H groups in total. The van der Waals surface area contributed by atoms with E-state index >= 15 is 0 Å². The molecule has 0 radical (unpaired) electrons. The standard InChI is InChI=1S/C14H31N3OS.HI/c1-6-18-13(12(2)3)8-10-17-14(15-4)16-9-7-11-19-5;/h12-13H,6-11H2,1-5H3,(H2,15,16,17);1H. The lowest BCUT2D eigenvalue weighted by Gasteiger charge is -2.21. The minimum Gasteiger partial charge on any atom is -0.378 e. The van der Waals surface area contributed by atoms with Gasteiger partial charge in [-0.1, -0.05) is 13.8 Å². The smallest absolute Gasteiger partial charge is 0.190 e. The van der Waals surface area contributed by atoms with Gasteiger partial charge in [-0.05, 0) is 37.7 Å². The summed E-state index contributed by atoms with van der Waals surface area (Å²) in [5.74, 6) is 2.63. The number of nitrogens with one attached hydrogen (secondary N) is 2. The highest BCUT2D eigenvalue weighted by molar-refractivity contribution is 14.0. The minimum atomic E-state index is 0. The van der Waals surface area contributed by atoms with Crippen molar-refractivity contribution in [3.05, 3.63) is 0 Å². The van der Waals surface area contributed by atoms with E-state index in [-0.39, 0.29) is 24.0 Å². The SMILES string of the molecule is CCOC(CCNC(=NC)NCCCSC)C(C)C.I. The third kappa shape index (κ3) is 12.1. The molecule has 0 aromatic carbocycles. The Morgan fingerprint density at radius 2 is 1.90 bits per heavy atom. The van der Waals surface area contributed by atoms with Crippen LogP contribution in [-0.4, -0.2) is 50.8 Å². The molecule has 20 heavy (non-hydrogen) atoms. The highest BCUT2D eigenvalue weighted by Crippen LogP contribution is 2.09. The van der Waals surface area contributed by atoms with E-state index in [0.717, 1.165) is 38.5 Å². The van der Waals surface area contributed by atoms with Gasteiger partial charge in [0.1, 0.15) is 0 Å². The number of hydrogen-bond donors (Lipinski definition) is 2. The van der Waals surface area contributed by atoms with Crippen LogP contribution in [0, 0.1) is 5.92 Å². The maximum Gasteiger partial charge on any atom is 0.190 e. The fraction of sp³-hybridized carbons (Fsp3) is 0.929. The Labute approximate surface area is 146 Å². The van der Waals surface area contributed by atoms with Gasteiger partial charge < -0.3 is 15.4 Å². The van der Waals surface area contributed by atoms with Crippen molar-refractivity contribution < 1.29 is 4.74 Å². The first kappa shape index (κ1) is 22.6. The van der Waals surface area contributed by atoms with Crippen LogP contribution < -0.4 is 10.6 Å². The minimum absolute atomic E-state index is 0. The van der Waals surface area contributed by atoms with E-state index in [0.29, 0.717) is 12.0 Å². The van der Waals surface area contributed by atoms with Crippen molar-refractivity contribution in [3.63, 3.8) is 0 Å². The third-order valence-corrected chi connectivity index (χ3v) is 3.58. The van der Waals surface area contributed by atoms with E-state index in [4.69, 9.17) is 4.74 Å². The average Bonchev–Trinajstić information content (AvgIpc) is 2.40. The van der Waals surface area contributed by atoms with Gasteiger partial charge in [-0.3, -0.25) is 4.99 Å². The average molecular weight is 417 g/mol. The molecule has 1 unspecified atom stereocenters. The molecule has 1 atom stereocenters. The van der Waals surface area contributed by atoms with E-state index < -0.39 is 0 Å². The molecule has 4 nitrogen and oxygen atoms in total. The van der Waals surface area contributed by atoms with E-state index in [1.807, 2.05) is 18.8 Å². The number of ether oxygens (including phenoxy) is 1. The molecule has 0 aliphatic carbocycles. The Morgan fingerprint density at radius 3 is 2.40 bits per heavy atom. The second-order valence-corrected chi connectivity index (χ2v) is 5.78. The van der Waals surface area contributed by atoms with Crippen LogP contribution in [0.4, 0.5) is 0 Å². The molecular weight excluding hydrogens is 385 g/mol. The summed E-state index contributed by atoms with van der Waals surface area (Å²) in [6, 6.07) is 0. The van der Waals surface area contributed by atoms with Crippen molar-refractivity contribution in [2.45, 2.75) is 39.7 Å². The second kappa shape index (κ2) is 15.7. The Bertz CT molecular complexity index is 240. The summed E-state index contributed by atoms with van der Waals surface area (Å²) >= 11 is 1.87. The van der Waals surface area contributed by atoms with Crippen LogP contribution in [0.3, 0.4) is 0 Å². The summed E-state index contributed by atoms with van der Waals surface area (Å²) in [6.45, 7) is 9.11. The number of thioether (sulfide) groups is 1. The molecule has 122 valence electrons. The number of hydrogen-bond acceptors (Lipinski definition) is 3. The third-order valence-electron chi connectivity index (χ3n) is 2.89. The van der Waals surface area contributed by atoms with Crippen LogP contribution in [0.15, 0.2) is 4.99 Å². The van der Waals surface area contributed by atoms with Crippen LogP contribution in [0.2, 0.25) is 0 Å². The Morgan fingerprint density at radius 1 is 1.25 bits per heavy atom. The van der Waals surface area contributed by atoms with Gasteiger partial charge in [0, 0.05) is 26.7 Å². The molecule has 0 heterocycles. The second-order valence-electron chi connectivity index (χ2n) is 4.80. The van der Waals surface area contributed by atoms with E-state index in [9.17, 15) is 0 Å². The zero-order valence-corrected chi connectivity index (χ0v) is 16.7. The van der Waals surface area contributed by atoms with Crippen LogP contribution in [-0.2, 0) is 4.74 Å². The lowest BCUT2D eigenvalue weighted by atomic mass is 10.0.